The first-order valence-electron chi connectivity index (χ1n) is 12.9. The fraction of sp³-hybridized carbons (Fsp3) is 0.630. The number of hydrogen-bond donors (Lipinski definition) is 0. The monoisotopic (exact) mass is 552 g/mol. The second-order valence-corrected chi connectivity index (χ2v) is 9.40. The number of aryl methyl sites for hydroxylation is 1. The van der Waals surface area contributed by atoms with Crippen molar-refractivity contribution < 1.29 is 38.2 Å². The van der Waals surface area contributed by atoms with Gasteiger partial charge in [0.15, 0.2) is 0 Å². The molecule has 0 fully saturated rings. The van der Waals surface area contributed by atoms with Crippen LogP contribution in [0, 0.1) is 0 Å². The summed E-state index contributed by atoms with van der Waals surface area (Å²) in [5.74, 6) is -0.662. The second kappa shape index (κ2) is 19.1. The molecule has 0 aromatic carbocycles. The number of Topliss-reactive ketones (excluding diaryl/α,β-unsaturated/α-hetero) is 5. The average molecular weight is 553 g/mol. The molecule has 0 radical (unpaired) electrons. The van der Waals surface area contributed by atoms with Gasteiger partial charge >= 0.3 is 5.97 Å². The van der Waals surface area contributed by atoms with Gasteiger partial charge in [0.1, 0.15) is 28.9 Å². The van der Waals surface area contributed by atoms with E-state index in [1.807, 2.05) is 0 Å². The third-order valence-electron chi connectivity index (χ3n) is 5.77. The van der Waals surface area contributed by atoms with Crippen molar-refractivity contribution in [2.24, 2.45) is 0 Å². The Hall–Kier alpha value is -3.01. The Kier molecular flexibility index (Phi) is 16.6. The van der Waals surface area contributed by atoms with Gasteiger partial charge in [-0.3, -0.25) is 24.0 Å². The van der Waals surface area contributed by atoms with E-state index in [1.54, 1.807) is 6.20 Å². The fourth-order valence-corrected chi connectivity index (χ4v) is 3.57. The van der Waals surface area contributed by atoms with Crippen LogP contribution in [-0.4, -0.2) is 58.6 Å². The molecule has 1 aromatic heterocycles. The Balaban J connectivity index is 2.28. The van der Waals surface area contributed by atoms with Gasteiger partial charge in [0.05, 0.1) is 13.7 Å². The topological polar surface area (TPSA) is 147 Å². The lowest BCUT2D eigenvalue weighted by Crippen LogP contribution is -2.11. The van der Waals surface area contributed by atoms with Crippen LogP contribution in [0.15, 0.2) is 6.20 Å². The molecule has 10 nitrogen and oxygen atoms in total. The van der Waals surface area contributed by atoms with Gasteiger partial charge in [0.25, 0.3) is 0 Å². The molecule has 0 aliphatic heterocycles. The Morgan fingerprint density at radius 3 is 1.79 bits per heavy atom. The minimum absolute atomic E-state index is 0.0290. The molecule has 0 aliphatic carbocycles. The Morgan fingerprint density at radius 2 is 1.26 bits per heavy atom. The number of rotatable bonds is 22. The van der Waals surface area contributed by atoms with Gasteiger partial charge in [-0.2, -0.15) is 4.98 Å². The van der Waals surface area contributed by atoms with Gasteiger partial charge in [-0.1, -0.05) is 6.42 Å². The van der Waals surface area contributed by atoms with Gasteiger partial charge in [0.2, 0.25) is 11.2 Å². The minimum Gasteiger partial charge on any atom is -0.477 e. The molecule has 0 aliphatic rings. The molecule has 1 heterocycles. The molecule has 0 spiro atoms. The third-order valence-corrected chi connectivity index (χ3v) is 5.96. The number of aromatic nitrogens is 2. The maximum absolute atomic E-state index is 12.2. The zero-order chi connectivity index (χ0) is 28.3. The lowest BCUT2D eigenvalue weighted by atomic mass is 10.0. The highest BCUT2D eigenvalue weighted by Crippen LogP contribution is 2.20. The van der Waals surface area contributed by atoms with Crippen molar-refractivity contribution in [3.8, 4) is 5.88 Å². The SMILES string of the molecule is COC(=O)CCCCCc1cnc(Cl)nc1OCCC(=O)CCC(=O)CCC(=O)CCC(=O)CCC(C)=O. The van der Waals surface area contributed by atoms with Crippen LogP contribution < -0.4 is 4.74 Å². The van der Waals surface area contributed by atoms with Crippen molar-refractivity contribution in [3.05, 3.63) is 17.0 Å². The van der Waals surface area contributed by atoms with Gasteiger partial charge < -0.3 is 14.3 Å². The quantitative estimate of drug-likeness (QED) is 0.117. The van der Waals surface area contributed by atoms with Crippen molar-refractivity contribution in [1.29, 1.82) is 0 Å². The standard InChI is InChI=1S/C27H37ClN2O8/c1-19(31)8-9-21(32)10-11-22(33)12-13-23(34)14-15-24(35)16-17-38-26-20(18-29-27(28)30-26)6-4-3-5-7-25(36)37-2/h18H,3-17H2,1-2H3. The third kappa shape index (κ3) is 16.0. The number of nitrogens with zero attached hydrogens (tertiary/aromatic N) is 2. The lowest BCUT2D eigenvalue weighted by molar-refractivity contribution is -0.140. The summed E-state index contributed by atoms with van der Waals surface area (Å²) >= 11 is 5.88. The van der Waals surface area contributed by atoms with E-state index >= 15 is 0 Å². The average Bonchev–Trinajstić information content (AvgIpc) is 2.88. The summed E-state index contributed by atoms with van der Waals surface area (Å²) in [6.45, 7) is 1.49. The highest BCUT2D eigenvalue weighted by atomic mass is 35.5. The summed E-state index contributed by atoms with van der Waals surface area (Å²) in [7, 11) is 1.36. The maximum Gasteiger partial charge on any atom is 0.305 e. The molecule has 0 unspecified atom stereocenters. The van der Waals surface area contributed by atoms with E-state index in [1.165, 1.54) is 14.0 Å². The molecule has 0 amide bonds. The number of carbonyl (C=O) groups is 6. The predicted octanol–water partition coefficient (Wildman–Crippen LogP) is 4.16. The van der Waals surface area contributed by atoms with Crippen molar-refractivity contribution in [2.75, 3.05) is 13.7 Å². The number of methoxy groups -OCH3 is 1. The smallest absolute Gasteiger partial charge is 0.305 e. The molecule has 0 saturated carbocycles. The number of carbonyl (C=O) groups excluding carboxylic acids is 6. The Morgan fingerprint density at radius 1 is 0.737 bits per heavy atom. The number of ether oxygens (including phenoxy) is 2. The molecule has 0 N–H and O–H groups in total. The van der Waals surface area contributed by atoms with Crippen LogP contribution in [0.5, 0.6) is 5.88 Å². The zero-order valence-electron chi connectivity index (χ0n) is 22.2. The number of unbranched alkanes of at least 4 members (excludes halogenated alkanes) is 2. The molecule has 0 saturated heterocycles. The van der Waals surface area contributed by atoms with E-state index in [2.05, 4.69) is 14.7 Å². The summed E-state index contributed by atoms with van der Waals surface area (Å²) in [6, 6.07) is 0. The van der Waals surface area contributed by atoms with Crippen LogP contribution in [0.1, 0.15) is 96.0 Å². The molecule has 1 rings (SSSR count). The number of ketones is 5. The van der Waals surface area contributed by atoms with E-state index in [-0.39, 0.29) is 105 Å². The molecule has 1 aromatic rings. The number of esters is 1. The van der Waals surface area contributed by atoms with Gasteiger partial charge in [-0.05, 0) is 37.8 Å². The van der Waals surface area contributed by atoms with Crippen molar-refractivity contribution in [1.82, 2.24) is 9.97 Å². The number of hydrogen-bond acceptors (Lipinski definition) is 10. The predicted molar refractivity (Wildman–Crippen MR) is 139 cm³/mol. The normalized spacial score (nSPS) is 10.6. The Labute approximate surface area is 228 Å². The van der Waals surface area contributed by atoms with Crippen LogP contribution in [0.3, 0.4) is 0 Å². The molecule has 210 valence electrons. The summed E-state index contributed by atoms with van der Waals surface area (Å²) in [5, 5.41) is 0.0290. The van der Waals surface area contributed by atoms with Gasteiger partial charge in [-0.25, -0.2) is 4.98 Å². The van der Waals surface area contributed by atoms with E-state index in [0.717, 1.165) is 18.4 Å². The first kappa shape index (κ1) is 33.0. The minimum atomic E-state index is -0.241. The molecule has 0 atom stereocenters. The molecule has 38 heavy (non-hydrogen) atoms. The van der Waals surface area contributed by atoms with Gasteiger partial charge in [0, 0.05) is 76.0 Å². The lowest BCUT2D eigenvalue weighted by Gasteiger charge is -2.10. The van der Waals surface area contributed by atoms with Crippen LogP contribution in [0.25, 0.3) is 0 Å². The summed E-state index contributed by atoms with van der Waals surface area (Å²) < 4.78 is 10.3. The van der Waals surface area contributed by atoms with Gasteiger partial charge in [-0.15, -0.1) is 0 Å². The van der Waals surface area contributed by atoms with Crippen molar-refractivity contribution >= 4 is 46.5 Å². The molecular formula is C27H37ClN2O8. The van der Waals surface area contributed by atoms with Crippen molar-refractivity contribution in [3.63, 3.8) is 0 Å². The first-order chi connectivity index (χ1) is 18.1. The highest BCUT2D eigenvalue weighted by molar-refractivity contribution is 6.28. The first-order valence-corrected chi connectivity index (χ1v) is 13.3. The maximum atomic E-state index is 12.2. The van der Waals surface area contributed by atoms with Crippen LogP contribution in [-0.2, 0) is 39.9 Å². The van der Waals surface area contributed by atoms with E-state index in [9.17, 15) is 28.8 Å². The van der Waals surface area contributed by atoms with Crippen LogP contribution in [0.2, 0.25) is 5.28 Å². The summed E-state index contributed by atoms with van der Waals surface area (Å²) in [6.07, 6.45) is 5.59. The van der Waals surface area contributed by atoms with E-state index in [4.69, 9.17) is 16.3 Å². The summed E-state index contributed by atoms with van der Waals surface area (Å²) in [4.78, 5) is 77.9. The van der Waals surface area contributed by atoms with Crippen LogP contribution in [0.4, 0.5) is 0 Å². The second-order valence-electron chi connectivity index (χ2n) is 9.06. The molecular weight excluding hydrogens is 516 g/mol. The van der Waals surface area contributed by atoms with E-state index < -0.39 is 0 Å². The van der Waals surface area contributed by atoms with E-state index in [0.29, 0.717) is 25.1 Å². The van der Waals surface area contributed by atoms with Crippen molar-refractivity contribution in [2.45, 2.75) is 96.8 Å². The van der Waals surface area contributed by atoms with Crippen LogP contribution >= 0.6 is 11.6 Å². The zero-order valence-corrected chi connectivity index (χ0v) is 23.0. The molecule has 11 heteroatoms. The molecule has 0 bridgehead atoms. The summed E-state index contributed by atoms with van der Waals surface area (Å²) in [5.41, 5.74) is 0.750. The number of halogens is 1. The Bertz CT molecular complexity index is 980. The largest absolute Gasteiger partial charge is 0.477 e. The highest BCUT2D eigenvalue weighted by Gasteiger charge is 2.13. The fourth-order valence-electron chi connectivity index (χ4n) is 3.44.